The van der Waals surface area contributed by atoms with Gasteiger partial charge in [-0.2, -0.15) is 0 Å². The molecule has 0 unspecified atom stereocenters. The summed E-state index contributed by atoms with van der Waals surface area (Å²) in [4.78, 5) is 9.02. The summed E-state index contributed by atoms with van der Waals surface area (Å²) in [5.74, 6) is 0.559. The zero-order valence-corrected chi connectivity index (χ0v) is 12.4. The molecule has 0 fully saturated rings. The maximum Gasteiger partial charge on any atom is 0.142 e. The van der Waals surface area contributed by atoms with Crippen molar-refractivity contribution < 1.29 is 0 Å². The van der Waals surface area contributed by atoms with Gasteiger partial charge in [-0.3, -0.25) is 4.98 Å². The van der Waals surface area contributed by atoms with Gasteiger partial charge in [0.15, 0.2) is 0 Å². The van der Waals surface area contributed by atoms with Gasteiger partial charge in [0, 0.05) is 17.1 Å². The van der Waals surface area contributed by atoms with E-state index >= 15 is 0 Å². The van der Waals surface area contributed by atoms with Crippen LogP contribution in [0.2, 0.25) is 0 Å². The fourth-order valence-electron chi connectivity index (χ4n) is 2.05. The Bertz CT molecular complexity index is 685. The van der Waals surface area contributed by atoms with Crippen LogP contribution in [0.4, 0.5) is 0 Å². The van der Waals surface area contributed by atoms with Gasteiger partial charge in [0.2, 0.25) is 0 Å². The van der Waals surface area contributed by atoms with Gasteiger partial charge >= 0.3 is 0 Å². The second kappa shape index (κ2) is 5.55. The number of hydrogen-bond donors (Lipinski definition) is 0. The van der Waals surface area contributed by atoms with Crippen molar-refractivity contribution in [1.29, 1.82) is 0 Å². The van der Waals surface area contributed by atoms with Crippen molar-refractivity contribution in [1.82, 2.24) is 9.97 Å². The molecule has 0 radical (unpaired) electrons. The standard InChI is InChI=1S/C17H16N2S/c1-12(2)13-6-8-14(9-7-13)16-11-20-17(19-16)15-5-3-4-10-18-15/h3-12H,1-2H3. The minimum atomic E-state index is 0.559. The van der Waals surface area contributed by atoms with Crippen molar-refractivity contribution >= 4 is 11.3 Å². The highest BCUT2D eigenvalue weighted by Crippen LogP contribution is 2.28. The molecule has 0 N–H and O–H groups in total. The highest BCUT2D eigenvalue weighted by Gasteiger charge is 2.07. The van der Waals surface area contributed by atoms with Gasteiger partial charge in [-0.25, -0.2) is 4.98 Å². The third-order valence-electron chi connectivity index (χ3n) is 3.26. The van der Waals surface area contributed by atoms with E-state index in [1.165, 1.54) is 5.56 Å². The molecule has 0 spiro atoms. The molecule has 20 heavy (non-hydrogen) atoms. The highest BCUT2D eigenvalue weighted by atomic mass is 32.1. The zero-order valence-electron chi connectivity index (χ0n) is 11.6. The quantitative estimate of drug-likeness (QED) is 0.675. The number of nitrogens with zero attached hydrogens (tertiary/aromatic N) is 2. The van der Waals surface area contributed by atoms with Gasteiger partial charge in [0.05, 0.1) is 11.4 Å². The van der Waals surface area contributed by atoms with E-state index in [2.05, 4.69) is 53.5 Å². The molecular formula is C17H16N2S. The third-order valence-corrected chi connectivity index (χ3v) is 4.13. The van der Waals surface area contributed by atoms with Gasteiger partial charge in [-0.1, -0.05) is 44.2 Å². The SMILES string of the molecule is CC(C)c1ccc(-c2csc(-c3ccccn3)n2)cc1. The van der Waals surface area contributed by atoms with E-state index < -0.39 is 0 Å². The minimum absolute atomic E-state index is 0.559. The van der Waals surface area contributed by atoms with Crippen LogP contribution in [-0.2, 0) is 0 Å². The smallest absolute Gasteiger partial charge is 0.142 e. The van der Waals surface area contributed by atoms with E-state index in [4.69, 9.17) is 0 Å². The average Bonchev–Trinajstić information content (AvgIpc) is 2.98. The van der Waals surface area contributed by atoms with Crippen molar-refractivity contribution in [3.8, 4) is 22.0 Å². The Balaban J connectivity index is 1.90. The lowest BCUT2D eigenvalue weighted by atomic mass is 10.0. The lowest BCUT2D eigenvalue weighted by Crippen LogP contribution is -1.87. The Labute approximate surface area is 123 Å². The monoisotopic (exact) mass is 280 g/mol. The van der Waals surface area contributed by atoms with Gasteiger partial charge in [0.1, 0.15) is 5.01 Å². The van der Waals surface area contributed by atoms with Crippen molar-refractivity contribution in [3.05, 3.63) is 59.6 Å². The Morgan fingerprint density at radius 3 is 2.40 bits per heavy atom. The first-order valence-corrected chi connectivity index (χ1v) is 7.59. The van der Waals surface area contributed by atoms with Crippen LogP contribution in [0, 0.1) is 0 Å². The Morgan fingerprint density at radius 2 is 1.75 bits per heavy atom. The summed E-state index contributed by atoms with van der Waals surface area (Å²) in [5.41, 5.74) is 4.47. The summed E-state index contributed by atoms with van der Waals surface area (Å²) in [5, 5.41) is 3.06. The van der Waals surface area contributed by atoms with E-state index in [1.54, 1.807) is 17.5 Å². The molecule has 2 heterocycles. The number of hydrogen-bond acceptors (Lipinski definition) is 3. The van der Waals surface area contributed by atoms with Crippen LogP contribution in [0.1, 0.15) is 25.3 Å². The summed E-state index contributed by atoms with van der Waals surface area (Å²) >= 11 is 1.63. The molecule has 2 aromatic heterocycles. The normalized spacial score (nSPS) is 10.9. The molecule has 0 atom stereocenters. The number of aromatic nitrogens is 2. The fraction of sp³-hybridized carbons (Fsp3) is 0.176. The minimum Gasteiger partial charge on any atom is -0.254 e. The van der Waals surface area contributed by atoms with E-state index in [9.17, 15) is 0 Å². The van der Waals surface area contributed by atoms with Crippen molar-refractivity contribution in [2.24, 2.45) is 0 Å². The fourth-order valence-corrected chi connectivity index (χ4v) is 2.86. The molecular weight excluding hydrogens is 264 g/mol. The second-order valence-electron chi connectivity index (χ2n) is 5.03. The van der Waals surface area contributed by atoms with Crippen LogP contribution in [-0.4, -0.2) is 9.97 Å². The predicted molar refractivity (Wildman–Crippen MR) is 84.9 cm³/mol. The lowest BCUT2D eigenvalue weighted by Gasteiger charge is -2.05. The van der Waals surface area contributed by atoms with Gasteiger partial charge in [0.25, 0.3) is 0 Å². The number of thiazole rings is 1. The number of benzene rings is 1. The summed E-state index contributed by atoms with van der Waals surface area (Å²) in [6, 6.07) is 14.5. The Kier molecular flexibility index (Phi) is 3.61. The predicted octanol–water partition coefficient (Wildman–Crippen LogP) is 5.00. The third kappa shape index (κ3) is 2.63. The van der Waals surface area contributed by atoms with Crippen LogP contribution in [0.5, 0.6) is 0 Å². The largest absolute Gasteiger partial charge is 0.254 e. The summed E-state index contributed by atoms with van der Waals surface area (Å²) in [6.45, 7) is 4.41. The molecule has 100 valence electrons. The summed E-state index contributed by atoms with van der Waals surface area (Å²) in [7, 11) is 0. The molecule has 1 aromatic carbocycles. The molecule has 0 saturated heterocycles. The topological polar surface area (TPSA) is 25.8 Å². The zero-order chi connectivity index (χ0) is 13.9. The van der Waals surface area contributed by atoms with E-state index in [0.717, 1.165) is 22.0 Å². The molecule has 3 heteroatoms. The van der Waals surface area contributed by atoms with E-state index in [-0.39, 0.29) is 0 Å². The Morgan fingerprint density at radius 1 is 0.950 bits per heavy atom. The molecule has 0 bridgehead atoms. The van der Waals surface area contributed by atoms with Crippen LogP contribution >= 0.6 is 11.3 Å². The van der Waals surface area contributed by atoms with E-state index in [0.29, 0.717) is 5.92 Å². The van der Waals surface area contributed by atoms with Crippen LogP contribution in [0.3, 0.4) is 0 Å². The van der Waals surface area contributed by atoms with Crippen LogP contribution in [0.25, 0.3) is 22.0 Å². The summed E-state index contributed by atoms with van der Waals surface area (Å²) < 4.78 is 0. The Hall–Kier alpha value is -2.00. The van der Waals surface area contributed by atoms with Gasteiger partial charge in [-0.15, -0.1) is 11.3 Å². The molecule has 0 aliphatic rings. The maximum atomic E-state index is 4.68. The van der Waals surface area contributed by atoms with Gasteiger partial charge in [-0.05, 0) is 23.6 Å². The molecule has 0 aliphatic heterocycles. The number of pyridine rings is 1. The molecule has 0 amide bonds. The number of rotatable bonds is 3. The highest BCUT2D eigenvalue weighted by molar-refractivity contribution is 7.13. The van der Waals surface area contributed by atoms with Crippen LogP contribution < -0.4 is 0 Å². The first-order chi connectivity index (χ1) is 9.74. The van der Waals surface area contributed by atoms with E-state index in [1.807, 2.05) is 18.2 Å². The van der Waals surface area contributed by atoms with Crippen molar-refractivity contribution in [2.75, 3.05) is 0 Å². The van der Waals surface area contributed by atoms with Gasteiger partial charge < -0.3 is 0 Å². The first kappa shape index (κ1) is 13.0. The molecule has 0 saturated carbocycles. The van der Waals surface area contributed by atoms with Crippen LogP contribution in [0.15, 0.2) is 54.0 Å². The first-order valence-electron chi connectivity index (χ1n) is 6.71. The van der Waals surface area contributed by atoms with Crippen molar-refractivity contribution in [2.45, 2.75) is 19.8 Å². The average molecular weight is 280 g/mol. The second-order valence-corrected chi connectivity index (χ2v) is 5.89. The molecule has 2 nitrogen and oxygen atoms in total. The van der Waals surface area contributed by atoms with Crippen molar-refractivity contribution in [3.63, 3.8) is 0 Å². The summed E-state index contributed by atoms with van der Waals surface area (Å²) in [6.07, 6.45) is 1.80. The maximum absolute atomic E-state index is 4.68. The lowest BCUT2D eigenvalue weighted by molar-refractivity contribution is 0.867. The molecule has 0 aliphatic carbocycles. The molecule has 3 aromatic rings. The molecule has 3 rings (SSSR count).